The van der Waals surface area contributed by atoms with Gasteiger partial charge in [-0.3, -0.25) is 0 Å². The summed E-state index contributed by atoms with van der Waals surface area (Å²) in [6, 6.07) is 7.48. The van der Waals surface area contributed by atoms with Gasteiger partial charge in [-0.05, 0) is 48.2 Å². The summed E-state index contributed by atoms with van der Waals surface area (Å²) in [5, 5.41) is 9.40. The van der Waals surface area contributed by atoms with Crippen LogP contribution in [0.4, 0.5) is 0 Å². The highest BCUT2D eigenvalue weighted by molar-refractivity contribution is 6.13. The van der Waals surface area contributed by atoms with Crippen LogP contribution in [0, 0.1) is 0 Å². The van der Waals surface area contributed by atoms with Gasteiger partial charge in [0.25, 0.3) is 0 Å². The molecule has 2 nitrogen and oxygen atoms in total. The predicted octanol–water partition coefficient (Wildman–Crippen LogP) is 3.36. The van der Waals surface area contributed by atoms with Crippen molar-refractivity contribution in [3.8, 4) is 5.75 Å². The van der Waals surface area contributed by atoms with Crippen molar-refractivity contribution >= 4 is 11.8 Å². The Balaban J connectivity index is 2.65. The van der Waals surface area contributed by atoms with E-state index in [0.717, 1.165) is 19.4 Å². The van der Waals surface area contributed by atoms with Crippen molar-refractivity contribution in [2.24, 2.45) is 0 Å². The van der Waals surface area contributed by atoms with Gasteiger partial charge >= 0.3 is 0 Å². The number of rotatable bonds is 5. The smallest absolute Gasteiger partial charge is 0.115 e. The van der Waals surface area contributed by atoms with Gasteiger partial charge in [0.2, 0.25) is 0 Å². The fourth-order valence-corrected chi connectivity index (χ4v) is 1.82. The number of phenolic OH excluding ortho intramolecular Hbond substituents is 1. The van der Waals surface area contributed by atoms with E-state index in [4.69, 9.17) is 11.8 Å². The molecule has 0 aliphatic carbocycles. The average molecular weight is 228 g/mol. The van der Waals surface area contributed by atoms with Crippen LogP contribution in [0.3, 0.4) is 0 Å². The Kier molecular flexibility index (Phi) is 4.92. The van der Waals surface area contributed by atoms with Crippen LogP contribution in [-0.2, 0) is 0 Å². The Morgan fingerprint density at radius 1 is 1.47 bits per heavy atom. The van der Waals surface area contributed by atoms with E-state index in [2.05, 4.69) is 13.0 Å². The van der Waals surface area contributed by atoms with E-state index in [9.17, 15) is 5.11 Å². The molecule has 0 aromatic heterocycles. The van der Waals surface area contributed by atoms with Gasteiger partial charge in [-0.1, -0.05) is 19.1 Å². The minimum atomic E-state index is 0.338. The van der Waals surface area contributed by atoms with Crippen LogP contribution in [0.25, 0.3) is 0 Å². The number of nitrogens with zero attached hydrogens (tertiary/aromatic N) is 1. The molecule has 84 valence electrons. The summed E-state index contributed by atoms with van der Waals surface area (Å²) in [5.74, 6) is 0.809. The van der Waals surface area contributed by atoms with E-state index < -0.39 is 0 Å². The van der Waals surface area contributed by atoms with E-state index in [-0.39, 0.29) is 0 Å². The monoisotopic (exact) mass is 227 g/mol. The third kappa shape index (κ3) is 4.10. The molecule has 1 N–H and O–H groups in total. The first-order valence-electron chi connectivity index (χ1n) is 5.29. The molecule has 0 saturated carbocycles. The van der Waals surface area contributed by atoms with Gasteiger partial charge in [0.05, 0.1) is 0 Å². The van der Waals surface area contributed by atoms with Crippen molar-refractivity contribution in [3.63, 3.8) is 0 Å². The van der Waals surface area contributed by atoms with E-state index in [1.54, 1.807) is 10.5 Å². The summed E-state index contributed by atoms with van der Waals surface area (Å²) >= 11 is 5.78. The Morgan fingerprint density at radius 3 is 2.73 bits per heavy atom. The Labute approximate surface area is 96.6 Å². The maximum atomic E-state index is 9.40. The van der Waals surface area contributed by atoms with Gasteiger partial charge in [-0.2, -0.15) is 0 Å². The molecule has 0 fully saturated rings. The second-order valence-corrected chi connectivity index (χ2v) is 4.39. The molecule has 0 bridgehead atoms. The molecule has 0 radical (unpaired) electrons. The first-order chi connectivity index (χ1) is 7.13. The lowest BCUT2D eigenvalue weighted by atomic mass is 9.93. The van der Waals surface area contributed by atoms with Gasteiger partial charge < -0.3 is 5.11 Å². The molecule has 0 heterocycles. The molecule has 0 spiro atoms. The zero-order chi connectivity index (χ0) is 11.3. The maximum Gasteiger partial charge on any atom is 0.115 e. The third-order valence-corrected chi connectivity index (χ3v) is 2.79. The van der Waals surface area contributed by atoms with Crippen LogP contribution in [-0.4, -0.2) is 23.1 Å². The highest BCUT2D eigenvalue weighted by atomic mass is 35.5. The normalized spacial score (nSPS) is 13.1. The van der Waals surface area contributed by atoms with Gasteiger partial charge in [0.1, 0.15) is 5.75 Å². The van der Waals surface area contributed by atoms with Crippen LogP contribution in [0.15, 0.2) is 24.3 Å². The molecule has 0 aliphatic heterocycles. The van der Waals surface area contributed by atoms with Crippen molar-refractivity contribution in [3.05, 3.63) is 29.8 Å². The fourth-order valence-electron chi connectivity index (χ4n) is 1.72. The third-order valence-electron chi connectivity index (χ3n) is 2.62. The quantitative estimate of drug-likeness (QED) is 0.780. The molecule has 0 amide bonds. The minimum absolute atomic E-state index is 0.338. The molecule has 1 atom stereocenters. The van der Waals surface area contributed by atoms with Gasteiger partial charge in [0, 0.05) is 13.6 Å². The highest BCUT2D eigenvalue weighted by Crippen LogP contribution is 2.26. The molecule has 1 aromatic rings. The van der Waals surface area contributed by atoms with Crippen molar-refractivity contribution in [2.45, 2.75) is 25.7 Å². The van der Waals surface area contributed by atoms with Gasteiger partial charge in [-0.25, -0.2) is 4.42 Å². The number of benzene rings is 1. The van der Waals surface area contributed by atoms with Gasteiger partial charge in [-0.15, -0.1) is 0 Å². The van der Waals surface area contributed by atoms with Crippen LogP contribution in [0.5, 0.6) is 5.75 Å². The van der Waals surface area contributed by atoms with Crippen LogP contribution in [0.1, 0.15) is 31.2 Å². The summed E-state index contributed by atoms with van der Waals surface area (Å²) in [6.45, 7) is 3.01. The number of aromatic hydroxyl groups is 1. The summed E-state index contributed by atoms with van der Waals surface area (Å²) < 4.78 is 1.67. The Bertz CT molecular complexity index is 301. The second kappa shape index (κ2) is 5.99. The number of hydrogen-bond donors (Lipinski definition) is 1. The maximum absolute atomic E-state index is 9.40. The molecule has 1 unspecified atom stereocenters. The summed E-state index contributed by atoms with van der Waals surface area (Å²) in [7, 11) is 1.86. The average Bonchev–Trinajstić information content (AvgIpc) is 2.18. The fraction of sp³-hybridized carbons (Fsp3) is 0.500. The standard InChI is InChI=1S/C12H18ClNO/c1-3-10(7-8-14(2)13)11-5-4-6-12(15)9-11/h4-6,9-10,15H,3,7-8H2,1-2H3. The molecule has 0 aliphatic rings. The molecular formula is C12H18ClNO. The van der Waals surface area contributed by atoms with Crippen molar-refractivity contribution in [1.82, 2.24) is 4.42 Å². The topological polar surface area (TPSA) is 23.5 Å². The van der Waals surface area contributed by atoms with E-state index >= 15 is 0 Å². The van der Waals surface area contributed by atoms with Crippen LogP contribution in [0.2, 0.25) is 0 Å². The second-order valence-electron chi connectivity index (χ2n) is 3.82. The Hall–Kier alpha value is -0.730. The first-order valence-corrected chi connectivity index (χ1v) is 5.63. The van der Waals surface area contributed by atoms with Gasteiger partial charge in [0.15, 0.2) is 0 Å². The van der Waals surface area contributed by atoms with Crippen molar-refractivity contribution in [2.75, 3.05) is 13.6 Å². The summed E-state index contributed by atoms with van der Waals surface area (Å²) in [4.78, 5) is 0. The number of phenols is 1. The first kappa shape index (κ1) is 12.3. The zero-order valence-electron chi connectivity index (χ0n) is 9.28. The van der Waals surface area contributed by atoms with E-state index in [0.29, 0.717) is 11.7 Å². The SMILES string of the molecule is CCC(CCN(C)Cl)c1cccc(O)c1. The van der Waals surface area contributed by atoms with Crippen molar-refractivity contribution in [1.29, 1.82) is 0 Å². The lowest BCUT2D eigenvalue weighted by Gasteiger charge is -2.17. The highest BCUT2D eigenvalue weighted by Gasteiger charge is 2.10. The summed E-state index contributed by atoms with van der Waals surface area (Å²) in [6.07, 6.45) is 2.08. The largest absolute Gasteiger partial charge is 0.508 e. The van der Waals surface area contributed by atoms with Crippen molar-refractivity contribution < 1.29 is 5.11 Å². The van der Waals surface area contributed by atoms with Crippen LogP contribution >= 0.6 is 11.8 Å². The van der Waals surface area contributed by atoms with Crippen LogP contribution < -0.4 is 0 Å². The zero-order valence-corrected chi connectivity index (χ0v) is 10.0. The van der Waals surface area contributed by atoms with E-state index in [1.165, 1.54) is 5.56 Å². The number of hydrogen-bond acceptors (Lipinski definition) is 2. The molecule has 1 rings (SSSR count). The predicted molar refractivity (Wildman–Crippen MR) is 64.2 cm³/mol. The minimum Gasteiger partial charge on any atom is -0.508 e. The lowest BCUT2D eigenvalue weighted by molar-refractivity contribution is 0.463. The molecular weight excluding hydrogens is 210 g/mol. The van der Waals surface area contributed by atoms with E-state index in [1.807, 2.05) is 19.2 Å². The lowest BCUT2D eigenvalue weighted by Crippen LogP contribution is -2.10. The molecule has 15 heavy (non-hydrogen) atoms. The molecule has 0 saturated heterocycles. The number of halogens is 1. The molecule has 3 heteroatoms. The Morgan fingerprint density at radius 2 is 2.20 bits per heavy atom. The summed E-state index contributed by atoms with van der Waals surface area (Å²) in [5.41, 5.74) is 1.19. The molecule has 1 aromatic carbocycles.